The number of benzene rings is 1. The molecule has 1 aliphatic carbocycles. The second-order valence-corrected chi connectivity index (χ2v) is 7.03. The van der Waals surface area contributed by atoms with E-state index in [9.17, 15) is 45.0 Å². The third-order valence-corrected chi connectivity index (χ3v) is 4.83. The van der Waals surface area contributed by atoms with Crippen LogP contribution in [-0.2, 0) is 23.9 Å². The normalized spacial score (nSPS) is 28.8. The summed E-state index contributed by atoms with van der Waals surface area (Å²) in [6, 6.07) is 5.72. The van der Waals surface area contributed by atoms with Crippen molar-refractivity contribution in [2.24, 2.45) is 0 Å². The lowest BCUT2D eigenvalue weighted by molar-refractivity contribution is -0.290. The van der Waals surface area contributed by atoms with Crippen LogP contribution in [0.25, 0.3) is 6.08 Å². The topological polar surface area (TPSA) is 191 Å². The van der Waals surface area contributed by atoms with Gasteiger partial charge in [0.1, 0.15) is 41.5 Å². The third-order valence-electron chi connectivity index (χ3n) is 4.83. The van der Waals surface area contributed by atoms with E-state index in [0.29, 0.717) is 11.6 Å². The molecule has 170 valence electrons. The molecule has 0 bridgehead atoms. The van der Waals surface area contributed by atoms with E-state index in [0.717, 1.165) is 6.08 Å². The van der Waals surface area contributed by atoms with Gasteiger partial charge in [-0.05, 0) is 23.8 Å². The number of hydrogen-bond donors (Lipinski definition) is 6. The Morgan fingerprint density at radius 2 is 1.69 bits per heavy atom. The first kappa shape index (κ1) is 23.3. The SMILES string of the molecule is O=C1C=C(O)C(C(=O)C=Cc2ccc(O)cc2)=C(OC2OC(CO)C(O)C(O)C2O)C1=O. The Morgan fingerprint density at radius 3 is 2.31 bits per heavy atom. The summed E-state index contributed by atoms with van der Waals surface area (Å²) >= 11 is 0. The van der Waals surface area contributed by atoms with E-state index in [4.69, 9.17) is 9.47 Å². The summed E-state index contributed by atoms with van der Waals surface area (Å²) in [4.78, 5) is 37.0. The van der Waals surface area contributed by atoms with Crippen molar-refractivity contribution < 1.29 is 54.5 Å². The molecule has 1 aromatic rings. The lowest BCUT2D eigenvalue weighted by Crippen LogP contribution is -2.59. The number of hydrogen-bond acceptors (Lipinski definition) is 11. The van der Waals surface area contributed by atoms with Gasteiger partial charge in [-0.1, -0.05) is 18.2 Å². The largest absolute Gasteiger partial charge is 0.508 e. The van der Waals surface area contributed by atoms with Gasteiger partial charge in [0, 0.05) is 6.08 Å². The van der Waals surface area contributed by atoms with Gasteiger partial charge in [-0.15, -0.1) is 0 Å². The first-order valence-corrected chi connectivity index (χ1v) is 9.36. The first-order valence-electron chi connectivity index (χ1n) is 9.36. The summed E-state index contributed by atoms with van der Waals surface area (Å²) in [7, 11) is 0. The van der Waals surface area contributed by atoms with Crippen LogP contribution in [0.15, 0.2) is 53.5 Å². The molecule has 32 heavy (non-hydrogen) atoms. The Kier molecular flexibility index (Phi) is 6.87. The number of ether oxygens (including phenoxy) is 2. The molecule has 2 aliphatic rings. The number of carbonyl (C=O) groups excluding carboxylic acids is 3. The standard InChI is InChI=1S/C21H20O11/c22-8-14-17(28)18(29)19(30)21(31-14)32-20-15(12(25)7-13(26)16(20)27)11(24)6-3-9-1-4-10(23)5-2-9/h1-7,14,17-19,21-23,25,28-30H,8H2. The zero-order valence-electron chi connectivity index (χ0n) is 16.4. The van der Waals surface area contributed by atoms with E-state index < -0.39 is 71.8 Å². The number of phenolic OH excluding ortho intramolecular Hbond substituents is 1. The van der Waals surface area contributed by atoms with Gasteiger partial charge in [-0.3, -0.25) is 14.4 Å². The van der Waals surface area contributed by atoms with Crippen molar-refractivity contribution >= 4 is 23.4 Å². The number of carbonyl (C=O) groups is 3. The average molecular weight is 448 g/mol. The molecule has 0 saturated carbocycles. The molecule has 1 aromatic carbocycles. The fourth-order valence-electron chi connectivity index (χ4n) is 3.08. The summed E-state index contributed by atoms with van der Waals surface area (Å²) in [5, 5.41) is 58.5. The molecule has 3 rings (SSSR count). The minimum atomic E-state index is -1.92. The molecule has 0 spiro atoms. The number of phenols is 1. The highest BCUT2D eigenvalue weighted by Crippen LogP contribution is 2.28. The predicted octanol–water partition coefficient (Wildman–Crippen LogP) is -1.36. The molecule has 11 nitrogen and oxygen atoms in total. The van der Waals surface area contributed by atoms with Crippen molar-refractivity contribution in [2.75, 3.05) is 6.61 Å². The molecule has 5 atom stereocenters. The van der Waals surface area contributed by atoms with Crippen LogP contribution in [0.3, 0.4) is 0 Å². The second-order valence-electron chi connectivity index (χ2n) is 7.03. The molecular weight excluding hydrogens is 428 g/mol. The number of aliphatic hydroxyl groups is 5. The summed E-state index contributed by atoms with van der Waals surface area (Å²) in [6.45, 7) is -0.775. The fraction of sp³-hybridized carbons (Fsp3) is 0.286. The van der Waals surface area contributed by atoms with Gasteiger partial charge >= 0.3 is 0 Å². The van der Waals surface area contributed by atoms with Gasteiger partial charge in [0.15, 0.2) is 11.5 Å². The highest BCUT2D eigenvalue weighted by molar-refractivity contribution is 6.49. The summed E-state index contributed by atoms with van der Waals surface area (Å²) in [5.74, 6) is -5.26. The maximum Gasteiger partial charge on any atom is 0.268 e. The molecule has 1 saturated heterocycles. The zero-order chi connectivity index (χ0) is 23.6. The van der Waals surface area contributed by atoms with E-state index in [1.807, 2.05) is 0 Å². The molecule has 6 N–H and O–H groups in total. The molecule has 1 aliphatic heterocycles. The van der Waals surface area contributed by atoms with E-state index in [1.165, 1.54) is 30.3 Å². The van der Waals surface area contributed by atoms with Crippen molar-refractivity contribution in [1.29, 1.82) is 0 Å². The van der Waals surface area contributed by atoms with Crippen LogP contribution in [0.2, 0.25) is 0 Å². The lowest BCUT2D eigenvalue weighted by Gasteiger charge is -2.39. The van der Waals surface area contributed by atoms with Crippen molar-refractivity contribution in [3.63, 3.8) is 0 Å². The van der Waals surface area contributed by atoms with Gasteiger partial charge in [0.25, 0.3) is 5.78 Å². The maximum atomic E-state index is 12.7. The Labute approximate surface area is 180 Å². The van der Waals surface area contributed by atoms with E-state index in [1.54, 1.807) is 0 Å². The fourth-order valence-corrected chi connectivity index (χ4v) is 3.08. The Balaban J connectivity index is 1.94. The lowest BCUT2D eigenvalue weighted by atomic mass is 9.96. The van der Waals surface area contributed by atoms with Crippen LogP contribution in [0.4, 0.5) is 0 Å². The molecule has 0 aromatic heterocycles. The monoisotopic (exact) mass is 448 g/mol. The minimum absolute atomic E-state index is 0.00312. The average Bonchev–Trinajstić information content (AvgIpc) is 2.76. The maximum absolute atomic E-state index is 12.7. The third kappa shape index (κ3) is 4.61. The number of Topliss-reactive ketones (excluding diaryl/α,β-unsaturated/α-hetero) is 1. The Morgan fingerprint density at radius 1 is 1.03 bits per heavy atom. The van der Waals surface area contributed by atoms with E-state index in [-0.39, 0.29) is 5.75 Å². The van der Waals surface area contributed by atoms with Crippen LogP contribution in [0.1, 0.15) is 5.56 Å². The van der Waals surface area contributed by atoms with Gasteiger partial charge in [0.2, 0.25) is 12.1 Å². The molecule has 1 fully saturated rings. The van der Waals surface area contributed by atoms with Crippen molar-refractivity contribution in [1.82, 2.24) is 0 Å². The number of rotatable bonds is 6. The molecule has 0 radical (unpaired) electrons. The molecule has 1 heterocycles. The van der Waals surface area contributed by atoms with Crippen LogP contribution >= 0.6 is 0 Å². The number of aromatic hydroxyl groups is 1. The summed E-state index contributed by atoms with van der Waals surface area (Å²) < 4.78 is 10.4. The minimum Gasteiger partial charge on any atom is -0.508 e. The van der Waals surface area contributed by atoms with Crippen LogP contribution in [0, 0.1) is 0 Å². The highest BCUT2D eigenvalue weighted by Gasteiger charge is 2.46. The molecule has 5 unspecified atom stereocenters. The van der Waals surface area contributed by atoms with Crippen molar-refractivity contribution in [3.8, 4) is 5.75 Å². The summed E-state index contributed by atoms with van der Waals surface area (Å²) in [6.07, 6.45) is -5.85. The quantitative estimate of drug-likeness (QED) is 0.171. The van der Waals surface area contributed by atoms with E-state index >= 15 is 0 Å². The van der Waals surface area contributed by atoms with Crippen molar-refractivity contribution in [2.45, 2.75) is 30.7 Å². The van der Waals surface area contributed by atoms with Gasteiger partial charge in [0.05, 0.1) is 6.61 Å². The predicted molar refractivity (Wildman–Crippen MR) is 105 cm³/mol. The van der Waals surface area contributed by atoms with Gasteiger partial charge < -0.3 is 40.1 Å². The first-order chi connectivity index (χ1) is 15.1. The van der Waals surface area contributed by atoms with Crippen molar-refractivity contribution in [3.05, 3.63) is 59.1 Å². The van der Waals surface area contributed by atoms with E-state index in [2.05, 4.69) is 0 Å². The van der Waals surface area contributed by atoms with Gasteiger partial charge in [-0.2, -0.15) is 0 Å². The second kappa shape index (κ2) is 9.42. The molecule has 0 amide bonds. The zero-order valence-corrected chi connectivity index (χ0v) is 16.4. The van der Waals surface area contributed by atoms with Gasteiger partial charge in [-0.25, -0.2) is 0 Å². The number of ketones is 3. The smallest absolute Gasteiger partial charge is 0.268 e. The highest BCUT2D eigenvalue weighted by atomic mass is 16.7. The number of aliphatic hydroxyl groups excluding tert-OH is 5. The number of allylic oxidation sites excluding steroid dienone is 4. The van der Waals surface area contributed by atoms with Crippen LogP contribution < -0.4 is 0 Å². The molecule has 11 heteroatoms. The van der Waals surface area contributed by atoms with Crippen LogP contribution in [-0.4, -0.2) is 85.3 Å². The summed E-state index contributed by atoms with van der Waals surface area (Å²) in [5.41, 5.74) is -0.198. The van der Waals surface area contributed by atoms with Crippen LogP contribution in [0.5, 0.6) is 5.75 Å². The Bertz CT molecular complexity index is 1000. The molecular formula is C21H20O11. The Hall–Kier alpha value is -3.35.